The van der Waals surface area contributed by atoms with E-state index in [4.69, 9.17) is 4.74 Å². The average molecular weight is 227 g/mol. The van der Waals surface area contributed by atoms with Crippen LogP contribution in [0.5, 0.6) is 0 Å². The van der Waals surface area contributed by atoms with Gasteiger partial charge in [-0.05, 0) is 46.0 Å². The molecule has 2 rings (SSSR count). The van der Waals surface area contributed by atoms with Gasteiger partial charge in [0.1, 0.15) is 0 Å². The Labute approximate surface area is 98.8 Å². The van der Waals surface area contributed by atoms with Crippen molar-refractivity contribution in [2.24, 2.45) is 0 Å². The van der Waals surface area contributed by atoms with Crippen molar-refractivity contribution in [3.05, 3.63) is 0 Å². The Morgan fingerprint density at radius 3 is 2.44 bits per heavy atom. The third-order valence-corrected chi connectivity index (χ3v) is 3.87. The summed E-state index contributed by atoms with van der Waals surface area (Å²) in [5, 5.41) is 9.70. The molecule has 2 heterocycles. The Balaban J connectivity index is 1.70. The molecule has 2 unspecified atom stereocenters. The molecule has 0 radical (unpaired) electrons. The van der Waals surface area contributed by atoms with Gasteiger partial charge in [-0.1, -0.05) is 0 Å². The van der Waals surface area contributed by atoms with E-state index in [0.717, 1.165) is 32.4 Å². The number of hydrogen-bond donors (Lipinski definition) is 1. The van der Waals surface area contributed by atoms with Crippen LogP contribution in [-0.2, 0) is 4.74 Å². The molecule has 2 fully saturated rings. The molecule has 0 amide bonds. The van der Waals surface area contributed by atoms with Crippen LogP contribution in [0.1, 0.15) is 46.0 Å². The van der Waals surface area contributed by atoms with Gasteiger partial charge in [0.15, 0.2) is 0 Å². The summed E-state index contributed by atoms with van der Waals surface area (Å²) in [5.41, 5.74) is 0. The highest BCUT2D eigenvalue weighted by Crippen LogP contribution is 2.35. The van der Waals surface area contributed by atoms with Crippen LogP contribution in [0.15, 0.2) is 0 Å². The fourth-order valence-electron chi connectivity index (χ4n) is 3.18. The summed E-state index contributed by atoms with van der Waals surface area (Å²) in [6.45, 7) is 6.19. The van der Waals surface area contributed by atoms with E-state index < -0.39 is 0 Å². The molecule has 0 saturated carbocycles. The minimum absolute atomic E-state index is 0.0411. The van der Waals surface area contributed by atoms with E-state index >= 15 is 0 Å². The van der Waals surface area contributed by atoms with Crippen LogP contribution >= 0.6 is 0 Å². The second kappa shape index (κ2) is 5.48. The second-order valence-electron chi connectivity index (χ2n) is 5.52. The molecule has 0 aromatic carbocycles. The topological polar surface area (TPSA) is 32.7 Å². The molecule has 3 heteroatoms. The Morgan fingerprint density at radius 2 is 1.88 bits per heavy atom. The van der Waals surface area contributed by atoms with E-state index in [1.807, 2.05) is 0 Å². The number of ether oxygens (including phenoxy) is 1. The highest BCUT2D eigenvalue weighted by molar-refractivity contribution is 4.94. The smallest absolute Gasteiger partial charge is 0.0570 e. The van der Waals surface area contributed by atoms with Gasteiger partial charge in [-0.25, -0.2) is 0 Å². The summed E-state index contributed by atoms with van der Waals surface area (Å²) in [6, 6.07) is 1.29. The first-order chi connectivity index (χ1) is 7.66. The maximum atomic E-state index is 9.70. The van der Waals surface area contributed by atoms with Crippen LogP contribution in [0.3, 0.4) is 0 Å². The summed E-state index contributed by atoms with van der Waals surface area (Å²) in [7, 11) is 0. The van der Waals surface area contributed by atoms with Crippen LogP contribution in [0, 0.1) is 0 Å². The van der Waals surface area contributed by atoms with Gasteiger partial charge in [-0.2, -0.15) is 0 Å². The van der Waals surface area contributed by atoms with E-state index in [9.17, 15) is 5.11 Å². The van der Waals surface area contributed by atoms with E-state index in [-0.39, 0.29) is 6.10 Å². The normalized spacial score (nSPS) is 34.9. The first-order valence-corrected chi connectivity index (χ1v) is 6.72. The monoisotopic (exact) mass is 227 g/mol. The van der Waals surface area contributed by atoms with Crippen molar-refractivity contribution >= 4 is 0 Å². The first kappa shape index (κ1) is 12.3. The Hall–Kier alpha value is -0.120. The predicted molar refractivity (Wildman–Crippen MR) is 64.5 cm³/mol. The lowest BCUT2D eigenvalue weighted by Gasteiger charge is -2.37. The summed E-state index contributed by atoms with van der Waals surface area (Å²) >= 11 is 0. The molecule has 0 aliphatic carbocycles. The molecule has 1 N–H and O–H groups in total. The SMILES string of the molecule is CC(C)OCCCN1C2CCC1CC(O)C2. The highest BCUT2D eigenvalue weighted by atomic mass is 16.5. The lowest BCUT2D eigenvalue weighted by atomic mass is 10.00. The molecule has 2 aliphatic heterocycles. The van der Waals surface area contributed by atoms with Gasteiger partial charge in [0.2, 0.25) is 0 Å². The summed E-state index contributed by atoms with van der Waals surface area (Å²) in [6.07, 6.45) is 5.98. The number of aliphatic hydroxyl groups is 1. The fraction of sp³-hybridized carbons (Fsp3) is 1.00. The van der Waals surface area contributed by atoms with Crippen molar-refractivity contribution in [2.45, 2.75) is 70.2 Å². The van der Waals surface area contributed by atoms with Crippen LogP contribution in [0.2, 0.25) is 0 Å². The summed E-state index contributed by atoms with van der Waals surface area (Å²) < 4.78 is 5.57. The molecular formula is C13H25NO2. The van der Waals surface area contributed by atoms with Crippen molar-refractivity contribution in [2.75, 3.05) is 13.2 Å². The summed E-state index contributed by atoms with van der Waals surface area (Å²) in [5.74, 6) is 0. The molecule has 16 heavy (non-hydrogen) atoms. The second-order valence-corrected chi connectivity index (χ2v) is 5.52. The molecular weight excluding hydrogens is 202 g/mol. The van der Waals surface area contributed by atoms with Crippen molar-refractivity contribution in [3.63, 3.8) is 0 Å². The van der Waals surface area contributed by atoms with Crippen molar-refractivity contribution in [1.82, 2.24) is 4.90 Å². The maximum Gasteiger partial charge on any atom is 0.0570 e. The van der Waals surface area contributed by atoms with E-state index in [1.54, 1.807) is 0 Å². The molecule has 3 nitrogen and oxygen atoms in total. The molecule has 2 saturated heterocycles. The zero-order chi connectivity index (χ0) is 11.5. The Bertz CT molecular complexity index is 206. The largest absolute Gasteiger partial charge is 0.393 e. The van der Waals surface area contributed by atoms with Crippen molar-refractivity contribution in [3.8, 4) is 0 Å². The van der Waals surface area contributed by atoms with Crippen LogP contribution in [0.25, 0.3) is 0 Å². The Morgan fingerprint density at radius 1 is 1.25 bits per heavy atom. The quantitative estimate of drug-likeness (QED) is 0.727. The lowest BCUT2D eigenvalue weighted by Crippen LogP contribution is -2.45. The highest BCUT2D eigenvalue weighted by Gasteiger charge is 2.39. The molecule has 2 aliphatic rings. The minimum Gasteiger partial charge on any atom is -0.393 e. The first-order valence-electron chi connectivity index (χ1n) is 6.72. The van der Waals surface area contributed by atoms with E-state index in [0.29, 0.717) is 18.2 Å². The molecule has 2 atom stereocenters. The van der Waals surface area contributed by atoms with Gasteiger partial charge in [0.25, 0.3) is 0 Å². The van der Waals surface area contributed by atoms with Gasteiger partial charge >= 0.3 is 0 Å². The molecule has 94 valence electrons. The van der Waals surface area contributed by atoms with Gasteiger partial charge in [0, 0.05) is 25.2 Å². The predicted octanol–water partition coefficient (Wildman–Crippen LogP) is 1.79. The number of hydrogen-bond acceptors (Lipinski definition) is 3. The van der Waals surface area contributed by atoms with Crippen LogP contribution in [0.4, 0.5) is 0 Å². The lowest BCUT2D eigenvalue weighted by molar-refractivity contribution is 0.0233. The third kappa shape index (κ3) is 2.96. The average Bonchev–Trinajstić information content (AvgIpc) is 2.45. The molecule has 2 bridgehead atoms. The standard InChI is InChI=1S/C13H25NO2/c1-10(2)16-7-3-6-14-11-4-5-12(14)9-13(15)8-11/h10-13,15H,3-9H2,1-2H3. The number of fused-ring (bicyclic) bond motifs is 2. The van der Waals surface area contributed by atoms with Gasteiger partial charge in [-0.3, -0.25) is 4.90 Å². The van der Waals surface area contributed by atoms with Crippen molar-refractivity contribution in [1.29, 1.82) is 0 Å². The van der Waals surface area contributed by atoms with Gasteiger partial charge < -0.3 is 9.84 Å². The van der Waals surface area contributed by atoms with Gasteiger partial charge in [0.05, 0.1) is 12.2 Å². The third-order valence-electron chi connectivity index (χ3n) is 3.87. The number of rotatable bonds is 5. The maximum absolute atomic E-state index is 9.70. The Kier molecular flexibility index (Phi) is 4.22. The fourth-order valence-corrected chi connectivity index (χ4v) is 3.18. The number of piperidine rings is 1. The summed E-state index contributed by atoms with van der Waals surface area (Å²) in [4.78, 5) is 2.61. The number of nitrogens with zero attached hydrogens (tertiary/aromatic N) is 1. The van der Waals surface area contributed by atoms with E-state index in [2.05, 4.69) is 18.7 Å². The molecule has 0 aromatic heterocycles. The zero-order valence-electron chi connectivity index (χ0n) is 10.6. The number of aliphatic hydroxyl groups excluding tert-OH is 1. The minimum atomic E-state index is -0.0411. The van der Waals surface area contributed by atoms with Gasteiger partial charge in [-0.15, -0.1) is 0 Å². The van der Waals surface area contributed by atoms with Crippen LogP contribution < -0.4 is 0 Å². The molecule has 0 spiro atoms. The van der Waals surface area contributed by atoms with Crippen molar-refractivity contribution < 1.29 is 9.84 Å². The van der Waals surface area contributed by atoms with E-state index in [1.165, 1.54) is 12.8 Å². The van der Waals surface area contributed by atoms with Crippen LogP contribution in [-0.4, -0.2) is 47.4 Å². The molecule has 0 aromatic rings. The zero-order valence-corrected chi connectivity index (χ0v) is 10.6.